The standard InChI is InChI=1S/C25H20FN3O5S/c1-33-21-12-17(2-7-20(21)34-15-16-8-10-27-11-9-16)13-22-24(31)29(25(32)35-22)14-23(30)28-19-5-3-18(26)4-6-19/h2-13H,14-15H2,1H3,(H,28,30)/b22-13+. The number of thioether (sulfide) groups is 1. The lowest BCUT2D eigenvalue weighted by Crippen LogP contribution is -2.36. The number of nitrogens with zero attached hydrogens (tertiary/aromatic N) is 2. The molecule has 0 unspecified atom stereocenters. The van der Waals surface area contributed by atoms with Crippen molar-refractivity contribution in [1.29, 1.82) is 0 Å². The molecule has 1 fully saturated rings. The Morgan fingerprint density at radius 3 is 2.54 bits per heavy atom. The minimum absolute atomic E-state index is 0.178. The normalized spacial score (nSPS) is 14.3. The van der Waals surface area contributed by atoms with Crippen molar-refractivity contribution in [3.05, 3.63) is 88.8 Å². The third kappa shape index (κ3) is 6.04. The van der Waals surface area contributed by atoms with Crippen molar-refractivity contribution in [2.75, 3.05) is 19.0 Å². The molecule has 0 saturated carbocycles. The highest BCUT2D eigenvalue weighted by molar-refractivity contribution is 8.18. The van der Waals surface area contributed by atoms with E-state index < -0.39 is 29.4 Å². The molecule has 2 aromatic carbocycles. The SMILES string of the molecule is COc1cc(/C=C2/SC(=O)N(CC(=O)Nc3ccc(F)cc3)C2=O)ccc1OCc1ccncc1. The number of ether oxygens (including phenoxy) is 2. The smallest absolute Gasteiger partial charge is 0.294 e. The summed E-state index contributed by atoms with van der Waals surface area (Å²) in [6, 6.07) is 14.0. The molecule has 0 atom stereocenters. The zero-order valence-electron chi connectivity index (χ0n) is 18.6. The Hall–Kier alpha value is -4.18. The van der Waals surface area contributed by atoms with Crippen LogP contribution in [0.15, 0.2) is 71.9 Å². The number of hydrogen-bond acceptors (Lipinski definition) is 7. The van der Waals surface area contributed by atoms with Crippen LogP contribution in [0.25, 0.3) is 6.08 Å². The van der Waals surface area contributed by atoms with E-state index in [0.29, 0.717) is 29.4 Å². The number of carbonyl (C=O) groups excluding carboxylic acids is 3. The summed E-state index contributed by atoms with van der Waals surface area (Å²) in [5.41, 5.74) is 1.93. The number of nitrogens with one attached hydrogen (secondary N) is 1. The molecule has 1 N–H and O–H groups in total. The van der Waals surface area contributed by atoms with Gasteiger partial charge in [-0.1, -0.05) is 6.07 Å². The van der Waals surface area contributed by atoms with Crippen LogP contribution in [0.5, 0.6) is 11.5 Å². The minimum Gasteiger partial charge on any atom is -0.493 e. The summed E-state index contributed by atoms with van der Waals surface area (Å²) in [6.45, 7) is -0.123. The molecular weight excluding hydrogens is 473 g/mol. The molecule has 0 spiro atoms. The zero-order chi connectivity index (χ0) is 24.8. The van der Waals surface area contributed by atoms with Crippen LogP contribution in [0.4, 0.5) is 14.9 Å². The van der Waals surface area contributed by atoms with Crippen molar-refractivity contribution in [2.24, 2.45) is 0 Å². The number of pyridine rings is 1. The molecule has 10 heteroatoms. The van der Waals surface area contributed by atoms with Gasteiger partial charge in [-0.3, -0.25) is 24.3 Å². The maximum absolute atomic E-state index is 13.0. The monoisotopic (exact) mass is 493 g/mol. The zero-order valence-corrected chi connectivity index (χ0v) is 19.4. The van der Waals surface area contributed by atoms with Gasteiger partial charge in [-0.25, -0.2) is 4.39 Å². The fourth-order valence-corrected chi connectivity index (χ4v) is 4.04. The summed E-state index contributed by atoms with van der Waals surface area (Å²) in [5, 5.41) is 1.98. The molecule has 0 bridgehead atoms. The predicted molar refractivity (Wildman–Crippen MR) is 129 cm³/mol. The number of rotatable bonds is 8. The fourth-order valence-electron chi connectivity index (χ4n) is 3.20. The van der Waals surface area contributed by atoms with Gasteiger partial charge in [0.05, 0.1) is 12.0 Å². The van der Waals surface area contributed by atoms with Gasteiger partial charge in [-0.2, -0.15) is 0 Å². The summed E-state index contributed by atoms with van der Waals surface area (Å²) in [4.78, 5) is 42.4. The van der Waals surface area contributed by atoms with Gasteiger partial charge in [0.2, 0.25) is 5.91 Å². The Labute approximate surface area is 204 Å². The third-order valence-corrected chi connectivity index (χ3v) is 5.84. The van der Waals surface area contributed by atoms with Crippen LogP contribution >= 0.6 is 11.8 Å². The topological polar surface area (TPSA) is 97.8 Å². The number of benzene rings is 2. The first-order valence-corrected chi connectivity index (χ1v) is 11.2. The van der Waals surface area contributed by atoms with E-state index in [9.17, 15) is 18.8 Å². The number of methoxy groups -OCH3 is 1. The van der Waals surface area contributed by atoms with E-state index in [2.05, 4.69) is 10.3 Å². The Balaban J connectivity index is 1.42. The second-order valence-electron chi connectivity index (χ2n) is 7.38. The number of carbonyl (C=O) groups is 3. The van der Waals surface area contributed by atoms with Gasteiger partial charge < -0.3 is 14.8 Å². The van der Waals surface area contributed by atoms with Crippen molar-refractivity contribution in [1.82, 2.24) is 9.88 Å². The van der Waals surface area contributed by atoms with Gasteiger partial charge in [0, 0.05) is 18.1 Å². The average molecular weight is 494 g/mol. The lowest BCUT2D eigenvalue weighted by Gasteiger charge is -2.12. The van der Waals surface area contributed by atoms with E-state index in [-0.39, 0.29) is 4.91 Å². The van der Waals surface area contributed by atoms with Crippen molar-refractivity contribution in [3.63, 3.8) is 0 Å². The molecular formula is C25H20FN3O5S. The van der Waals surface area contributed by atoms with Crippen LogP contribution in [0.1, 0.15) is 11.1 Å². The van der Waals surface area contributed by atoms with Gasteiger partial charge in [0.25, 0.3) is 11.1 Å². The second kappa shape index (κ2) is 10.8. The van der Waals surface area contributed by atoms with Crippen LogP contribution in [-0.4, -0.2) is 40.6 Å². The molecule has 0 aliphatic carbocycles. The van der Waals surface area contributed by atoms with Gasteiger partial charge in [-0.05, 0) is 77.5 Å². The van der Waals surface area contributed by atoms with Crippen LogP contribution < -0.4 is 14.8 Å². The Kier molecular flexibility index (Phi) is 7.41. The molecule has 4 rings (SSSR count). The molecule has 1 aliphatic rings. The van der Waals surface area contributed by atoms with E-state index in [0.717, 1.165) is 22.2 Å². The van der Waals surface area contributed by atoms with Crippen molar-refractivity contribution in [2.45, 2.75) is 6.61 Å². The lowest BCUT2D eigenvalue weighted by atomic mass is 10.2. The molecule has 2 heterocycles. The average Bonchev–Trinajstić information content (AvgIpc) is 3.12. The lowest BCUT2D eigenvalue weighted by molar-refractivity contribution is -0.127. The van der Waals surface area contributed by atoms with Gasteiger partial charge in [0.1, 0.15) is 19.0 Å². The molecule has 178 valence electrons. The van der Waals surface area contributed by atoms with E-state index >= 15 is 0 Å². The maximum atomic E-state index is 13.0. The van der Waals surface area contributed by atoms with E-state index in [1.54, 1.807) is 36.7 Å². The molecule has 1 aliphatic heterocycles. The third-order valence-electron chi connectivity index (χ3n) is 4.93. The van der Waals surface area contributed by atoms with Crippen molar-refractivity contribution >= 4 is 40.6 Å². The first-order chi connectivity index (χ1) is 16.9. The highest BCUT2D eigenvalue weighted by Crippen LogP contribution is 2.34. The summed E-state index contributed by atoms with van der Waals surface area (Å²) >= 11 is 0.743. The first kappa shape index (κ1) is 24.0. The van der Waals surface area contributed by atoms with Crippen LogP contribution in [0.2, 0.25) is 0 Å². The highest BCUT2D eigenvalue weighted by Gasteiger charge is 2.36. The summed E-state index contributed by atoms with van der Waals surface area (Å²) in [5.74, 6) is -0.606. The summed E-state index contributed by atoms with van der Waals surface area (Å²) < 4.78 is 24.3. The number of aromatic nitrogens is 1. The molecule has 1 saturated heterocycles. The molecule has 3 amide bonds. The van der Waals surface area contributed by atoms with E-state index in [1.807, 2.05) is 12.1 Å². The van der Waals surface area contributed by atoms with Crippen LogP contribution in [-0.2, 0) is 16.2 Å². The Bertz CT molecular complexity index is 1280. The quantitative estimate of drug-likeness (QED) is 0.462. The van der Waals surface area contributed by atoms with E-state index in [4.69, 9.17) is 9.47 Å². The predicted octanol–water partition coefficient (Wildman–Crippen LogP) is 4.48. The number of halogens is 1. The number of hydrogen-bond donors (Lipinski definition) is 1. The van der Waals surface area contributed by atoms with Gasteiger partial charge >= 0.3 is 0 Å². The number of anilines is 1. The summed E-state index contributed by atoms with van der Waals surface area (Å²) in [7, 11) is 1.51. The van der Waals surface area contributed by atoms with Gasteiger partial charge in [-0.15, -0.1) is 0 Å². The minimum atomic E-state index is -0.578. The molecule has 3 aromatic rings. The molecule has 8 nitrogen and oxygen atoms in total. The second-order valence-corrected chi connectivity index (χ2v) is 8.37. The van der Waals surface area contributed by atoms with E-state index in [1.165, 1.54) is 31.4 Å². The first-order valence-electron chi connectivity index (χ1n) is 10.4. The maximum Gasteiger partial charge on any atom is 0.294 e. The Morgan fingerprint density at radius 1 is 1.09 bits per heavy atom. The van der Waals surface area contributed by atoms with Crippen LogP contribution in [0.3, 0.4) is 0 Å². The van der Waals surface area contributed by atoms with Crippen molar-refractivity contribution < 1.29 is 28.2 Å². The summed E-state index contributed by atoms with van der Waals surface area (Å²) in [6.07, 6.45) is 4.91. The number of imide groups is 1. The Morgan fingerprint density at radius 2 is 1.83 bits per heavy atom. The number of amides is 3. The largest absolute Gasteiger partial charge is 0.493 e. The highest BCUT2D eigenvalue weighted by atomic mass is 32.2. The van der Waals surface area contributed by atoms with Crippen LogP contribution in [0, 0.1) is 5.82 Å². The molecule has 0 radical (unpaired) electrons. The van der Waals surface area contributed by atoms with Gasteiger partial charge in [0.15, 0.2) is 11.5 Å². The molecule has 35 heavy (non-hydrogen) atoms. The van der Waals surface area contributed by atoms with Crippen molar-refractivity contribution in [3.8, 4) is 11.5 Å². The fraction of sp³-hybridized carbons (Fsp3) is 0.120. The molecule has 1 aromatic heterocycles.